The molecule has 2 aromatic rings. The fraction of sp³-hybridized carbons (Fsp3) is 0.286. The van der Waals surface area contributed by atoms with Gasteiger partial charge in [-0.15, -0.1) is 0 Å². The Kier molecular flexibility index (Phi) is 6.71. The van der Waals surface area contributed by atoms with Crippen molar-refractivity contribution in [3.8, 4) is 0 Å². The number of ether oxygens (including phenoxy) is 1. The quantitative estimate of drug-likeness (QED) is 0.656. The van der Waals surface area contributed by atoms with Crippen LogP contribution >= 0.6 is 0 Å². The van der Waals surface area contributed by atoms with Gasteiger partial charge in [0.25, 0.3) is 0 Å². The van der Waals surface area contributed by atoms with Crippen molar-refractivity contribution >= 4 is 39.2 Å². The molecular weight excluding hydrogens is 422 g/mol. The number of anilines is 2. The number of carbonyl (C=O) groups is 3. The molecular formula is C21H23N3O6S. The number of methoxy groups -OCH3 is 1. The average molecular weight is 445 g/mol. The minimum atomic E-state index is -3.91. The van der Waals surface area contributed by atoms with E-state index in [0.717, 1.165) is 9.87 Å². The van der Waals surface area contributed by atoms with E-state index in [9.17, 15) is 22.8 Å². The SMILES string of the molecule is COC(=O)c1ccc(NC(=O)CN(C)S(=O)(=O)c2ccc3c(c2)CCCC(=O)N3)cc1. The smallest absolute Gasteiger partial charge is 0.337 e. The molecule has 2 N–H and O–H groups in total. The third kappa shape index (κ3) is 5.28. The lowest BCUT2D eigenvalue weighted by atomic mass is 10.1. The van der Waals surface area contributed by atoms with E-state index in [4.69, 9.17) is 0 Å². The molecule has 0 saturated heterocycles. The number of hydrogen-bond acceptors (Lipinski definition) is 6. The molecule has 0 atom stereocenters. The molecule has 0 radical (unpaired) electrons. The highest BCUT2D eigenvalue weighted by atomic mass is 32.2. The number of rotatable bonds is 6. The van der Waals surface area contributed by atoms with Crippen molar-refractivity contribution in [1.29, 1.82) is 0 Å². The summed E-state index contributed by atoms with van der Waals surface area (Å²) < 4.78 is 31.4. The van der Waals surface area contributed by atoms with Crippen LogP contribution in [0, 0.1) is 0 Å². The second-order valence-corrected chi connectivity index (χ2v) is 9.14. The van der Waals surface area contributed by atoms with Gasteiger partial charge in [-0.05, 0) is 60.9 Å². The molecule has 3 rings (SSSR count). The van der Waals surface area contributed by atoms with Crippen molar-refractivity contribution < 1.29 is 27.5 Å². The van der Waals surface area contributed by atoms with Gasteiger partial charge < -0.3 is 15.4 Å². The van der Waals surface area contributed by atoms with Gasteiger partial charge in [0, 0.05) is 24.8 Å². The van der Waals surface area contributed by atoms with Crippen LogP contribution in [0.3, 0.4) is 0 Å². The topological polar surface area (TPSA) is 122 Å². The number of benzene rings is 2. The molecule has 1 aliphatic rings. The fourth-order valence-electron chi connectivity index (χ4n) is 3.19. The van der Waals surface area contributed by atoms with Crippen molar-refractivity contribution in [1.82, 2.24) is 4.31 Å². The number of nitrogens with zero attached hydrogens (tertiary/aromatic N) is 1. The third-order valence-corrected chi connectivity index (χ3v) is 6.66. The Balaban J connectivity index is 1.68. The fourth-order valence-corrected chi connectivity index (χ4v) is 4.36. The van der Waals surface area contributed by atoms with Gasteiger partial charge in [0.15, 0.2) is 0 Å². The summed E-state index contributed by atoms with van der Waals surface area (Å²) in [5.41, 5.74) is 2.11. The van der Waals surface area contributed by atoms with Gasteiger partial charge in [0.05, 0.1) is 24.1 Å². The maximum atomic E-state index is 12.9. The molecule has 1 aliphatic heterocycles. The van der Waals surface area contributed by atoms with Crippen molar-refractivity contribution in [3.63, 3.8) is 0 Å². The molecule has 0 fully saturated rings. The number of amides is 2. The molecule has 2 aromatic carbocycles. The van der Waals surface area contributed by atoms with Gasteiger partial charge >= 0.3 is 5.97 Å². The largest absolute Gasteiger partial charge is 0.465 e. The second-order valence-electron chi connectivity index (χ2n) is 7.10. The van der Waals surface area contributed by atoms with Crippen LogP contribution in [0.5, 0.6) is 0 Å². The van der Waals surface area contributed by atoms with Crippen LogP contribution in [0.4, 0.5) is 11.4 Å². The monoisotopic (exact) mass is 445 g/mol. The standard InChI is InChI=1S/C21H23N3O6S/c1-24(13-20(26)22-16-8-6-14(7-9-16)21(27)30-2)31(28,29)17-10-11-18-15(12-17)4-3-5-19(25)23-18/h6-12H,3-5,13H2,1-2H3,(H,22,26)(H,23,25). The van der Waals surface area contributed by atoms with Crippen LogP contribution in [-0.4, -0.2) is 51.2 Å². The van der Waals surface area contributed by atoms with E-state index >= 15 is 0 Å². The summed E-state index contributed by atoms with van der Waals surface area (Å²) in [6.07, 6.45) is 1.61. The molecule has 9 nitrogen and oxygen atoms in total. The molecule has 31 heavy (non-hydrogen) atoms. The minimum Gasteiger partial charge on any atom is -0.465 e. The summed E-state index contributed by atoms with van der Waals surface area (Å²) in [5, 5.41) is 5.36. The van der Waals surface area contributed by atoms with Crippen LogP contribution in [-0.2, 0) is 30.8 Å². The molecule has 0 unspecified atom stereocenters. The van der Waals surface area contributed by atoms with Crippen molar-refractivity contribution in [2.24, 2.45) is 0 Å². The number of aryl methyl sites for hydroxylation is 1. The van der Waals surface area contributed by atoms with Gasteiger partial charge in [-0.2, -0.15) is 4.31 Å². The van der Waals surface area contributed by atoms with Crippen LogP contribution < -0.4 is 10.6 Å². The van der Waals surface area contributed by atoms with E-state index < -0.39 is 28.4 Å². The van der Waals surface area contributed by atoms with E-state index in [-0.39, 0.29) is 10.8 Å². The first-order valence-electron chi connectivity index (χ1n) is 9.58. The zero-order valence-electron chi connectivity index (χ0n) is 17.2. The van der Waals surface area contributed by atoms with Crippen LogP contribution in [0.15, 0.2) is 47.4 Å². The second kappa shape index (κ2) is 9.27. The van der Waals surface area contributed by atoms with Gasteiger partial charge in [-0.3, -0.25) is 9.59 Å². The molecule has 164 valence electrons. The zero-order valence-corrected chi connectivity index (χ0v) is 18.0. The molecule has 10 heteroatoms. The Labute approximate surface area is 180 Å². The van der Waals surface area contributed by atoms with E-state index in [0.29, 0.717) is 36.2 Å². The first-order chi connectivity index (χ1) is 14.7. The molecule has 0 saturated carbocycles. The Hall–Kier alpha value is -3.24. The van der Waals surface area contributed by atoms with E-state index in [2.05, 4.69) is 15.4 Å². The minimum absolute atomic E-state index is 0.0557. The van der Waals surface area contributed by atoms with Crippen molar-refractivity contribution in [2.45, 2.75) is 24.2 Å². The number of fused-ring (bicyclic) bond motifs is 1. The summed E-state index contributed by atoms with van der Waals surface area (Å²) in [4.78, 5) is 35.5. The normalized spacial score (nSPS) is 13.7. The Morgan fingerprint density at radius 1 is 1.13 bits per heavy atom. The lowest BCUT2D eigenvalue weighted by Crippen LogP contribution is -2.35. The highest BCUT2D eigenvalue weighted by Crippen LogP contribution is 2.26. The van der Waals surface area contributed by atoms with Crippen LogP contribution in [0.25, 0.3) is 0 Å². The first kappa shape index (κ1) is 22.4. The Bertz CT molecular complexity index is 1110. The van der Waals surface area contributed by atoms with E-state index in [1.54, 1.807) is 6.07 Å². The molecule has 0 bridgehead atoms. The number of carbonyl (C=O) groups excluding carboxylic acids is 3. The van der Waals surface area contributed by atoms with Gasteiger partial charge in [0.2, 0.25) is 21.8 Å². The number of esters is 1. The number of nitrogens with one attached hydrogen (secondary N) is 2. The highest BCUT2D eigenvalue weighted by Gasteiger charge is 2.25. The predicted molar refractivity (Wildman–Crippen MR) is 114 cm³/mol. The summed E-state index contributed by atoms with van der Waals surface area (Å²) >= 11 is 0. The average Bonchev–Trinajstić information content (AvgIpc) is 2.93. The number of hydrogen-bond donors (Lipinski definition) is 2. The zero-order chi connectivity index (χ0) is 22.6. The Morgan fingerprint density at radius 3 is 2.52 bits per heavy atom. The number of sulfonamides is 1. The van der Waals surface area contributed by atoms with Crippen molar-refractivity contribution in [2.75, 3.05) is 31.3 Å². The molecule has 0 spiro atoms. The van der Waals surface area contributed by atoms with Crippen LogP contribution in [0.1, 0.15) is 28.8 Å². The van der Waals surface area contributed by atoms with E-state index in [1.165, 1.54) is 50.6 Å². The van der Waals surface area contributed by atoms with Gasteiger partial charge in [0.1, 0.15) is 0 Å². The molecule has 2 amide bonds. The summed E-state index contributed by atoms with van der Waals surface area (Å²) in [7, 11) is -1.31. The van der Waals surface area contributed by atoms with Crippen LogP contribution in [0.2, 0.25) is 0 Å². The lowest BCUT2D eigenvalue weighted by Gasteiger charge is -2.18. The maximum absolute atomic E-state index is 12.9. The lowest BCUT2D eigenvalue weighted by molar-refractivity contribution is -0.117. The predicted octanol–water partition coefficient (Wildman–Crippen LogP) is 2.01. The summed E-state index contributed by atoms with van der Waals surface area (Å²) in [6, 6.07) is 10.6. The molecule has 0 aliphatic carbocycles. The van der Waals surface area contributed by atoms with Crippen molar-refractivity contribution in [3.05, 3.63) is 53.6 Å². The summed E-state index contributed by atoms with van der Waals surface area (Å²) in [5.74, 6) is -1.12. The summed E-state index contributed by atoms with van der Waals surface area (Å²) in [6.45, 7) is -0.394. The Morgan fingerprint density at radius 2 is 1.84 bits per heavy atom. The van der Waals surface area contributed by atoms with Gasteiger partial charge in [-0.1, -0.05) is 0 Å². The third-order valence-electron chi connectivity index (χ3n) is 4.86. The highest BCUT2D eigenvalue weighted by molar-refractivity contribution is 7.89. The number of likely N-dealkylation sites (N-methyl/N-ethyl adjacent to an activating group) is 1. The molecule has 1 heterocycles. The molecule has 0 aromatic heterocycles. The maximum Gasteiger partial charge on any atom is 0.337 e. The first-order valence-corrected chi connectivity index (χ1v) is 11.0. The van der Waals surface area contributed by atoms with E-state index in [1.807, 2.05) is 0 Å². The van der Waals surface area contributed by atoms with Gasteiger partial charge in [-0.25, -0.2) is 13.2 Å².